The maximum Gasteiger partial charge on any atom is 0.271 e. The van der Waals surface area contributed by atoms with Crippen LogP contribution in [-0.4, -0.2) is 25.0 Å². The summed E-state index contributed by atoms with van der Waals surface area (Å²) in [5.41, 5.74) is 3.87. The molecule has 134 valence electrons. The van der Waals surface area contributed by atoms with E-state index in [1.54, 1.807) is 29.0 Å². The molecule has 0 spiro atoms. The maximum absolute atomic E-state index is 11.0. The number of non-ortho nitro benzene ring substituents is 1. The number of nitrogens with one attached hydrogen (secondary N) is 1. The van der Waals surface area contributed by atoms with E-state index in [2.05, 4.69) is 30.4 Å². The minimum atomic E-state index is -0.430. The van der Waals surface area contributed by atoms with Gasteiger partial charge >= 0.3 is 0 Å². The number of benzene rings is 3. The van der Waals surface area contributed by atoms with Crippen molar-refractivity contribution >= 4 is 45.9 Å². The Morgan fingerprint density at radius 3 is 2.41 bits per heavy atom. The number of guanidine groups is 1. The summed E-state index contributed by atoms with van der Waals surface area (Å²) in [6.45, 7) is 0. The second-order valence-corrected chi connectivity index (χ2v) is 6.50. The van der Waals surface area contributed by atoms with Crippen molar-refractivity contribution in [2.75, 3.05) is 23.9 Å². The SMILES string of the molecule is CN(C(=N)N(C)c1ccc2c3c(cccc13)C=C2)c1cccc([N+](=O)[O-])c1. The Balaban J connectivity index is 1.70. The normalized spacial score (nSPS) is 11.6. The average molecular weight is 358 g/mol. The molecule has 0 unspecified atom stereocenters. The molecular formula is C21H18N4O2. The lowest BCUT2D eigenvalue weighted by molar-refractivity contribution is -0.384. The molecule has 3 aromatic rings. The van der Waals surface area contributed by atoms with E-state index in [0.717, 1.165) is 11.1 Å². The van der Waals surface area contributed by atoms with Crippen molar-refractivity contribution in [1.29, 1.82) is 5.41 Å². The van der Waals surface area contributed by atoms with E-state index in [4.69, 9.17) is 5.41 Å². The summed E-state index contributed by atoms with van der Waals surface area (Å²) in [6, 6.07) is 16.5. The number of hydrogen-bond donors (Lipinski definition) is 1. The van der Waals surface area contributed by atoms with Crippen LogP contribution in [0, 0.1) is 15.5 Å². The molecule has 27 heavy (non-hydrogen) atoms. The Kier molecular flexibility index (Phi) is 3.88. The summed E-state index contributed by atoms with van der Waals surface area (Å²) in [5, 5.41) is 21.9. The fourth-order valence-electron chi connectivity index (χ4n) is 3.47. The molecule has 4 rings (SSSR count). The minimum absolute atomic E-state index is 0.00575. The van der Waals surface area contributed by atoms with Crippen molar-refractivity contribution in [2.45, 2.75) is 0 Å². The molecule has 0 aliphatic heterocycles. The minimum Gasteiger partial charge on any atom is -0.315 e. The summed E-state index contributed by atoms with van der Waals surface area (Å²) >= 11 is 0. The first-order valence-electron chi connectivity index (χ1n) is 8.51. The number of nitro groups is 1. The van der Waals surface area contributed by atoms with Crippen LogP contribution in [0.2, 0.25) is 0 Å². The van der Waals surface area contributed by atoms with Crippen molar-refractivity contribution in [1.82, 2.24) is 0 Å². The smallest absolute Gasteiger partial charge is 0.271 e. The third kappa shape index (κ3) is 2.71. The van der Waals surface area contributed by atoms with Crippen LogP contribution in [0.15, 0.2) is 54.6 Å². The van der Waals surface area contributed by atoms with Gasteiger partial charge in [-0.25, -0.2) is 0 Å². The van der Waals surface area contributed by atoms with Crippen LogP contribution in [-0.2, 0) is 0 Å². The van der Waals surface area contributed by atoms with Crippen molar-refractivity contribution in [3.63, 3.8) is 0 Å². The summed E-state index contributed by atoms with van der Waals surface area (Å²) in [7, 11) is 3.57. The highest BCUT2D eigenvalue weighted by Gasteiger charge is 2.19. The Labute approximate surface area is 156 Å². The third-order valence-electron chi connectivity index (χ3n) is 4.95. The molecule has 0 radical (unpaired) electrons. The largest absolute Gasteiger partial charge is 0.315 e. The second kappa shape index (κ2) is 6.25. The van der Waals surface area contributed by atoms with Gasteiger partial charge in [-0.2, -0.15) is 0 Å². The van der Waals surface area contributed by atoms with Gasteiger partial charge in [0.2, 0.25) is 5.96 Å². The van der Waals surface area contributed by atoms with E-state index in [1.807, 2.05) is 19.2 Å². The monoisotopic (exact) mass is 358 g/mol. The fourth-order valence-corrected chi connectivity index (χ4v) is 3.47. The van der Waals surface area contributed by atoms with Gasteiger partial charge in [-0.15, -0.1) is 0 Å². The molecule has 0 saturated carbocycles. The Bertz CT molecular complexity index is 1110. The molecule has 0 aromatic heterocycles. The summed E-state index contributed by atoms with van der Waals surface area (Å²) in [6.07, 6.45) is 4.20. The molecule has 6 nitrogen and oxygen atoms in total. The lowest BCUT2D eigenvalue weighted by atomic mass is 10.0. The highest BCUT2D eigenvalue weighted by molar-refractivity contribution is 6.14. The number of anilines is 2. The number of nitro benzene ring substituents is 1. The molecule has 0 bridgehead atoms. The molecule has 1 N–H and O–H groups in total. The first-order valence-corrected chi connectivity index (χ1v) is 8.51. The summed E-state index contributed by atoms with van der Waals surface area (Å²) in [4.78, 5) is 14.0. The zero-order valence-corrected chi connectivity index (χ0v) is 15.0. The van der Waals surface area contributed by atoms with E-state index in [-0.39, 0.29) is 11.6 Å². The zero-order chi connectivity index (χ0) is 19.1. The first kappa shape index (κ1) is 16.8. The van der Waals surface area contributed by atoms with Gasteiger partial charge in [0.1, 0.15) is 0 Å². The number of nitrogens with zero attached hydrogens (tertiary/aromatic N) is 3. The van der Waals surface area contributed by atoms with E-state index < -0.39 is 4.92 Å². The van der Waals surface area contributed by atoms with Gasteiger partial charge in [-0.05, 0) is 28.6 Å². The van der Waals surface area contributed by atoms with Crippen LogP contribution in [0.5, 0.6) is 0 Å². The molecule has 1 aliphatic carbocycles. The predicted octanol–water partition coefficient (Wildman–Crippen LogP) is 4.74. The molecule has 3 aromatic carbocycles. The quantitative estimate of drug-likeness (QED) is 0.248. The van der Waals surface area contributed by atoms with Gasteiger partial charge in [-0.1, -0.05) is 42.5 Å². The van der Waals surface area contributed by atoms with Crippen LogP contribution >= 0.6 is 0 Å². The fraction of sp³-hybridized carbons (Fsp3) is 0.0952. The van der Waals surface area contributed by atoms with Gasteiger partial charge in [0.25, 0.3) is 5.69 Å². The van der Waals surface area contributed by atoms with Crippen molar-refractivity contribution in [3.8, 4) is 0 Å². The Morgan fingerprint density at radius 2 is 1.67 bits per heavy atom. The molecule has 0 fully saturated rings. The van der Waals surface area contributed by atoms with Crippen LogP contribution < -0.4 is 9.80 Å². The standard InChI is InChI=1S/C21H18N4O2/c1-23(16-6-4-7-17(13-16)25(26)27)21(22)24(2)19-12-11-15-10-9-14-5-3-8-18(19)20(14)15/h3-13,22H,1-2H3. The Hall–Kier alpha value is -3.67. The van der Waals surface area contributed by atoms with E-state index in [0.29, 0.717) is 5.69 Å². The average Bonchev–Trinajstić information content (AvgIpc) is 3.12. The highest BCUT2D eigenvalue weighted by Crippen LogP contribution is 2.36. The summed E-state index contributed by atoms with van der Waals surface area (Å²) in [5.74, 6) is 0.224. The predicted molar refractivity (Wildman–Crippen MR) is 111 cm³/mol. The van der Waals surface area contributed by atoms with E-state index in [1.165, 1.54) is 28.6 Å². The highest BCUT2D eigenvalue weighted by atomic mass is 16.6. The van der Waals surface area contributed by atoms with E-state index >= 15 is 0 Å². The molecule has 0 heterocycles. The number of hydrogen-bond acceptors (Lipinski definition) is 3. The molecule has 6 heteroatoms. The second-order valence-electron chi connectivity index (χ2n) is 6.50. The number of rotatable bonds is 3. The van der Waals surface area contributed by atoms with Gasteiger partial charge in [0.15, 0.2) is 0 Å². The first-order chi connectivity index (χ1) is 13.0. The summed E-state index contributed by atoms with van der Waals surface area (Å²) < 4.78 is 0. The van der Waals surface area contributed by atoms with Crippen LogP contribution in [0.4, 0.5) is 17.1 Å². The van der Waals surface area contributed by atoms with Gasteiger partial charge < -0.3 is 9.80 Å². The van der Waals surface area contributed by atoms with Gasteiger partial charge in [0, 0.05) is 31.6 Å². The van der Waals surface area contributed by atoms with Crippen molar-refractivity contribution in [3.05, 3.63) is 75.8 Å². The zero-order valence-electron chi connectivity index (χ0n) is 15.0. The van der Waals surface area contributed by atoms with Crippen molar-refractivity contribution < 1.29 is 4.92 Å². The molecule has 0 saturated heterocycles. The lowest BCUT2D eigenvalue weighted by Gasteiger charge is -2.29. The lowest BCUT2D eigenvalue weighted by Crippen LogP contribution is -2.39. The van der Waals surface area contributed by atoms with Gasteiger partial charge in [0.05, 0.1) is 16.3 Å². The molecule has 0 amide bonds. The molecule has 0 atom stereocenters. The van der Waals surface area contributed by atoms with Crippen LogP contribution in [0.3, 0.4) is 0 Å². The van der Waals surface area contributed by atoms with E-state index in [9.17, 15) is 10.1 Å². The van der Waals surface area contributed by atoms with Crippen molar-refractivity contribution in [2.24, 2.45) is 0 Å². The Morgan fingerprint density at radius 1 is 0.963 bits per heavy atom. The third-order valence-corrected chi connectivity index (χ3v) is 4.95. The maximum atomic E-state index is 11.0. The van der Waals surface area contributed by atoms with Gasteiger partial charge in [-0.3, -0.25) is 15.5 Å². The topological polar surface area (TPSA) is 73.5 Å². The van der Waals surface area contributed by atoms with Crippen LogP contribution in [0.25, 0.3) is 22.9 Å². The van der Waals surface area contributed by atoms with Crippen LogP contribution in [0.1, 0.15) is 11.1 Å². The molecule has 1 aliphatic rings. The molecular weight excluding hydrogens is 340 g/mol.